The zero-order chi connectivity index (χ0) is 18.6. The van der Waals surface area contributed by atoms with E-state index in [0.29, 0.717) is 16.5 Å². The summed E-state index contributed by atoms with van der Waals surface area (Å²) in [4.78, 5) is 23.2. The van der Waals surface area contributed by atoms with Crippen molar-refractivity contribution in [2.45, 2.75) is 38.8 Å². The minimum Gasteiger partial charge on any atom is -0.480 e. The molecule has 1 aromatic carbocycles. The third kappa shape index (κ3) is 5.83. The van der Waals surface area contributed by atoms with E-state index in [1.807, 2.05) is 0 Å². The number of halogens is 1. The molecule has 0 aliphatic heterocycles. The van der Waals surface area contributed by atoms with Gasteiger partial charge in [-0.1, -0.05) is 11.6 Å². The van der Waals surface area contributed by atoms with Crippen LogP contribution in [0.25, 0.3) is 11.3 Å². The van der Waals surface area contributed by atoms with Crippen molar-refractivity contribution in [3.05, 3.63) is 47.2 Å². The molecule has 1 unspecified atom stereocenters. The van der Waals surface area contributed by atoms with Crippen molar-refractivity contribution in [1.82, 2.24) is 5.32 Å². The summed E-state index contributed by atoms with van der Waals surface area (Å²) in [5, 5.41) is 12.3. The molecule has 0 saturated carbocycles. The predicted molar refractivity (Wildman–Crippen MR) is 93.7 cm³/mol. The molecule has 1 amide bonds. The summed E-state index contributed by atoms with van der Waals surface area (Å²) in [6, 6.07) is 9.35. The van der Waals surface area contributed by atoms with Crippen molar-refractivity contribution < 1.29 is 23.8 Å². The number of alkyl carbamates (subject to hydrolysis) is 1. The Hall–Kier alpha value is -2.47. The molecule has 2 rings (SSSR count). The van der Waals surface area contributed by atoms with E-state index in [9.17, 15) is 14.7 Å². The van der Waals surface area contributed by atoms with Gasteiger partial charge in [0.1, 0.15) is 23.2 Å². The first-order valence-corrected chi connectivity index (χ1v) is 8.09. The van der Waals surface area contributed by atoms with E-state index < -0.39 is 23.7 Å². The molecule has 0 radical (unpaired) electrons. The molecular weight excluding hydrogens is 346 g/mol. The molecule has 1 aromatic heterocycles. The van der Waals surface area contributed by atoms with Gasteiger partial charge < -0.3 is 19.6 Å². The second kappa shape index (κ2) is 7.61. The molecule has 0 saturated heterocycles. The van der Waals surface area contributed by atoms with Crippen molar-refractivity contribution in [2.75, 3.05) is 0 Å². The Bertz CT molecular complexity index is 746. The van der Waals surface area contributed by atoms with Gasteiger partial charge in [-0.25, -0.2) is 9.59 Å². The Morgan fingerprint density at radius 2 is 1.84 bits per heavy atom. The van der Waals surface area contributed by atoms with Crippen LogP contribution in [0.15, 0.2) is 40.8 Å². The number of hydrogen-bond acceptors (Lipinski definition) is 4. The van der Waals surface area contributed by atoms with Crippen molar-refractivity contribution in [1.29, 1.82) is 0 Å². The lowest BCUT2D eigenvalue weighted by atomic mass is 10.1. The lowest BCUT2D eigenvalue weighted by Crippen LogP contribution is -2.44. The molecule has 0 bridgehead atoms. The highest BCUT2D eigenvalue weighted by Gasteiger charge is 2.25. The fourth-order valence-corrected chi connectivity index (χ4v) is 2.23. The summed E-state index contributed by atoms with van der Waals surface area (Å²) in [6.07, 6.45) is -0.785. The maximum atomic E-state index is 11.8. The highest BCUT2D eigenvalue weighted by Crippen LogP contribution is 2.24. The second-order valence-corrected chi connectivity index (χ2v) is 6.95. The van der Waals surface area contributed by atoms with E-state index >= 15 is 0 Å². The van der Waals surface area contributed by atoms with Gasteiger partial charge >= 0.3 is 12.1 Å². The van der Waals surface area contributed by atoms with E-state index in [4.69, 9.17) is 20.8 Å². The molecule has 0 spiro atoms. The summed E-state index contributed by atoms with van der Waals surface area (Å²) in [5.41, 5.74) is 0.113. The monoisotopic (exact) mass is 365 g/mol. The first-order chi connectivity index (χ1) is 11.6. The molecule has 2 aromatic rings. The van der Waals surface area contributed by atoms with E-state index in [1.54, 1.807) is 57.2 Å². The number of rotatable bonds is 5. The minimum absolute atomic E-state index is 0.00215. The number of carbonyl (C=O) groups is 2. The fraction of sp³-hybridized carbons (Fsp3) is 0.333. The zero-order valence-electron chi connectivity index (χ0n) is 14.2. The summed E-state index contributed by atoms with van der Waals surface area (Å²) < 4.78 is 10.8. The topological polar surface area (TPSA) is 88.8 Å². The quantitative estimate of drug-likeness (QED) is 0.831. The number of aliphatic carboxylic acids is 1. The van der Waals surface area contributed by atoms with Gasteiger partial charge in [0.2, 0.25) is 0 Å². The average Bonchev–Trinajstić information content (AvgIpc) is 2.94. The molecule has 25 heavy (non-hydrogen) atoms. The summed E-state index contributed by atoms with van der Waals surface area (Å²) in [5.74, 6) is -0.142. The van der Waals surface area contributed by atoms with Crippen molar-refractivity contribution in [3.8, 4) is 11.3 Å². The molecule has 6 nitrogen and oxygen atoms in total. The Morgan fingerprint density at radius 3 is 2.40 bits per heavy atom. The van der Waals surface area contributed by atoms with E-state index in [-0.39, 0.29) is 6.42 Å². The lowest BCUT2D eigenvalue weighted by Gasteiger charge is -2.21. The highest BCUT2D eigenvalue weighted by atomic mass is 35.5. The Morgan fingerprint density at radius 1 is 1.20 bits per heavy atom. The fourth-order valence-electron chi connectivity index (χ4n) is 2.11. The van der Waals surface area contributed by atoms with Crippen molar-refractivity contribution in [3.63, 3.8) is 0 Å². The molecule has 2 N–H and O–H groups in total. The third-order valence-corrected chi connectivity index (χ3v) is 3.44. The van der Waals surface area contributed by atoms with Crippen LogP contribution in [0.3, 0.4) is 0 Å². The second-order valence-electron chi connectivity index (χ2n) is 6.51. The normalized spacial score (nSPS) is 12.5. The van der Waals surface area contributed by atoms with Gasteiger partial charge in [0, 0.05) is 17.0 Å². The van der Waals surface area contributed by atoms with Crippen molar-refractivity contribution >= 4 is 23.7 Å². The SMILES string of the molecule is CC(C)(C)OC(=O)NC(Cc1ccc(-c2ccc(Cl)cc2)o1)C(=O)O. The van der Waals surface area contributed by atoms with Crippen LogP contribution in [0.2, 0.25) is 5.02 Å². The maximum Gasteiger partial charge on any atom is 0.408 e. The van der Waals surface area contributed by atoms with Gasteiger partial charge in [-0.2, -0.15) is 0 Å². The molecular formula is C18H20ClNO5. The number of ether oxygens (including phenoxy) is 1. The molecule has 0 aliphatic carbocycles. The van der Waals surface area contributed by atoms with Gasteiger partial charge in [-0.15, -0.1) is 0 Å². The van der Waals surface area contributed by atoms with Gasteiger partial charge in [-0.3, -0.25) is 0 Å². The highest BCUT2D eigenvalue weighted by molar-refractivity contribution is 6.30. The van der Waals surface area contributed by atoms with Gasteiger partial charge in [0.05, 0.1) is 0 Å². The van der Waals surface area contributed by atoms with Crippen LogP contribution < -0.4 is 5.32 Å². The molecule has 0 fully saturated rings. The van der Waals surface area contributed by atoms with Crippen LogP contribution in [0.4, 0.5) is 4.79 Å². The van der Waals surface area contributed by atoms with Crippen LogP contribution in [-0.4, -0.2) is 28.8 Å². The number of benzene rings is 1. The molecule has 1 heterocycles. The first-order valence-electron chi connectivity index (χ1n) is 7.71. The minimum atomic E-state index is -1.17. The molecule has 1 atom stereocenters. The van der Waals surface area contributed by atoms with E-state index in [1.165, 1.54) is 0 Å². The number of furan rings is 1. The largest absolute Gasteiger partial charge is 0.480 e. The average molecular weight is 366 g/mol. The standard InChI is InChI=1S/C18H20ClNO5/c1-18(2,3)25-17(23)20-14(16(21)22)10-13-8-9-15(24-13)11-4-6-12(19)7-5-11/h4-9,14H,10H2,1-3H3,(H,20,23)(H,21,22). The number of hydrogen-bond donors (Lipinski definition) is 2. The molecule has 7 heteroatoms. The van der Waals surface area contributed by atoms with Gasteiger partial charge in [-0.05, 0) is 57.2 Å². The number of amides is 1. The molecule has 0 aliphatic rings. The van der Waals surface area contributed by atoms with Crippen LogP contribution in [0.1, 0.15) is 26.5 Å². The smallest absolute Gasteiger partial charge is 0.408 e. The predicted octanol–water partition coefficient (Wildman–Crippen LogP) is 4.12. The van der Waals surface area contributed by atoms with Gasteiger partial charge in [0.25, 0.3) is 0 Å². The Kier molecular flexibility index (Phi) is 5.74. The summed E-state index contributed by atoms with van der Waals surface area (Å²) in [7, 11) is 0. The Balaban J connectivity index is 2.06. The maximum absolute atomic E-state index is 11.8. The van der Waals surface area contributed by atoms with Crippen LogP contribution >= 0.6 is 11.6 Å². The molecule has 134 valence electrons. The zero-order valence-corrected chi connectivity index (χ0v) is 15.0. The number of carboxylic acids is 1. The first kappa shape index (κ1) is 18.9. The van der Waals surface area contributed by atoms with Crippen LogP contribution in [0, 0.1) is 0 Å². The van der Waals surface area contributed by atoms with Gasteiger partial charge in [0.15, 0.2) is 0 Å². The summed E-state index contributed by atoms with van der Waals surface area (Å²) in [6.45, 7) is 5.10. The lowest BCUT2D eigenvalue weighted by molar-refractivity contribution is -0.139. The summed E-state index contributed by atoms with van der Waals surface area (Å²) >= 11 is 5.85. The van der Waals surface area contributed by atoms with Crippen LogP contribution in [0.5, 0.6) is 0 Å². The number of carboxylic acid groups (broad SMARTS) is 1. The van der Waals surface area contributed by atoms with Crippen LogP contribution in [-0.2, 0) is 16.0 Å². The van der Waals surface area contributed by atoms with Crippen molar-refractivity contribution in [2.24, 2.45) is 0 Å². The van der Waals surface area contributed by atoms with E-state index in [0.717, 1.165) is 5.56 Å². The number of carbonyl (C=O) groups excluding carboxylic acids is 1. The third-order valence-electron chi connectivity index (χ3n) is 3.18. The number of nitrogens with one attached hydrogen (secondary N) is 1. The van der Waals surface area contributed by atoms with E-state index in [2.05, 4.69) is 5.32 Å². The Labute approximate surface area is 150 Å².